The molecule has 0 aliphatic rings. The fraction of sp³-hybridized carbons (Fsp3) is 0.188. The maximum absolute atomic E-state index is 9.07. The zero-order valence-electron chi connectivity index (χ0n) is 10.3. The monoisotopic (exact) mass is 237 g/mol. The fourth-order valence-electron chi connectivity index (χ4n) is 1.82. The standard InChI is InChI=1S/C16H15NO/c1-2-13(12-17)14-7-6-10-16(11-14)18-15-8-4-3-5-9-15/h3-11,13H,2H2,1H3/t13-/m1/s1. The Labute approximate surface area is 107 Å². The number of hydrogen-bond acceptors (Lipinski definition) is 2. The molecule has 0 spiro atoms. The van der Waals surface area contributed by atoms with Gasteiger partial charge in [-0.3, -0.25) is 0 Å². The summed E-state index contributed by atoms with van der Waals surface area (Å²) in [5.41, 5.74) is 1.01. The minimum atomic E-state index is -0.0654. The lowest BCUT2D eigenvalue weighted by Crippen LogP contribution is -1.94. The van der Waals surface area contributed by atoms with E-state index < -0.39 is 0 Å². The Balaban J connectivity index is 2.20. The smallest absolute Gasteiger partial charge is 0.127 e. The molecule has 0 amide bonds. The van der Waals surface area contributed by atoms with E-state index in [4.69, 9.17) is 10.00 Å². The van der Waals surface area contributed by atoms with Crippen molar-refractivity contribution in [2.24, 2.45) is 0 Å². The van der Waals surface area contributed by atoms with E-state index in [1.807, 2.05) is 61.5 Å². The summed E-state index contributed by atoms with van der Waals surface area (Å²) < 4.78 is 5.75. The van der Waals surface area contributed by atoms with Crippen molar-refractivity contribution in [1.29, 1.82) is 5.26 Å². The van der Waals surface area contributed by atoms with Gasteiger partial charge in [0.25, 0.3) is 0 Å². The van der Waals surface area contributed by atoms with E-state index in [0.717, 1.165) is 23.5 Å². The predicted octanol–water partition coefficient (Wildman–Crippen LogP) is 4.50. The van der Waals surface area contributed by atoms with Crippen molar-refractivity contribution in [2.45, 2.75) is 19.3 Å². The second kappa shape index (κ2) is 5.88. The number of para-hydroxylation sites is 1. The van der Waals surface area contributed by atoms with Gasteiger partial charge in [0.2, 0.25) is 0 Å². The Kier molecular flexibility index (Phi) is 3.98. The highest BCUT2D eigenvalue weighted by Crippen LogP contribution is 2.26. The van der Waals surface area contributed by atoms with Gasteiger partial charge in [-0.05, 0) is 36.2 Å². The molecular weight excluding hydrogens is 222 g/mol. The molecule has 0 radical (unpaired) electrons. The second-order valence-corrected chi connectivity index (χ2v) is 4.08. The summed E-state index contributed by atoms with van der Waals surface area (Å²) in [5, 5.41) is 9.07. The minimum absolute atomic E-state index is 0.0654. The highest BCUT2D eigenvalue weighted by Gasteiger charge is 2.08. The normalized spacial score (nSPS) is 11.6. The van der Waals surface area contributed by atoms with Crippen LogP contribution in [0.5, 0.6) is 11.5 Å². The third-order valence-corrected chi connectivity index (χ3v) is 2.80. The number of nitrogens with zero attached hydrogens (tertiary/aromatic N) is 1. The lowest BCUT2D eigenvalue weighted by Gasteiger charge is -2.10. The molecule has 0 saturated carbocycles. The number of hydrogen-bond donors (Lipinski definition) is 0. The van der Waals surface area contributed by atoms with Gasteiger partial charge in [-0.2, -0.15) is 5.26 Å². The summed E-state index contributed by atoms with van der Waals surface area (Å²) in [6, 6.07) is 19.7. The summed E-state index contributed by atoms with van der Waals surface area (Å²) in [6.45, 7) is 2.01. The quantitative estimate of drug-likeness (QED) is 0.784. The van der Waals surface area contributed by atoms with Crippen LogP contribution in [0.1, 0.15) is 24.8 Å². The predicted molar refractivity (Wildman–Crippen MR) is 71.6 cm³/mol. The zero-order chi connectivity index (χ0) is 12.8. The van der Waals surface area contributed by atoms with E-state index in [9.17, 15) is 0 Å². The van der Waals surface area contributed by atoms with Gasteiger partial charge in [0.15, 0.2) is 0 Å². The molecule has 0 aromatic heterocycles. The van der Waals surface area contributed by atoms with E-state index in [1.165, 1.54) is 0 Å². The van der Waals surface area contributed by atoms with Gasteiger partial charge in [0.05, 0.1) is 12.0 Å². The van der Waals surface area contributed by atoms with Crippen LogP contribution in [-0.2, 0) is 0 Å². The number of ether oxygens (including phenoxy) is 1. The lowest BCUT2D eigenvalue weighted by molar-refractivity contribution is 0.481. The highest BCUT2D eigenvalue weighted by atomic mass is 16.5. The molecule has 0 fully saturated rings. The summed E-state index contributed by atoms with van der Waals surface area (Å²) in [7, 11) is 0. The molecule has 18 heavy (non-hydrogen) atoms. The van der Waals surface area contributed by atoms with Gasteiger partial charge >= 0.3 is 0 Å². The van der Waals surface area contributed by atoms with Crippen LogP contribution in [0.3, 0.4) is 0 Å². The number of rotatable bonds is 4. The third kappa shape index (κ3) is 2.89. The molecule has 0 heterocycles. The van der Waals surface area contributed by atoms with Gasteiger partial charge in [-0.1, -0.05) is 37.3 Å². The summed E-state index contributed by atoms with van der Waals surface area (Å²) in [6.07, 6.45) is 0.811. The van der Waals surface area contributed by atoms with Crippen LogP contribution >= 0.6 is 0 Å². The van der Waals surface area contributed by atoms with Crippen molar-refractivity contribution < 1.29 is 4.74 Å². The Morgan fingerprint density at radius 2 is 1.78 bits per heavy atom. The Bertz CT molecular complexity index is 543. The van der Waals surface area contributed by atoms with E-state index in [-0.39, 0.29) is 5.92 Å². The zero-order valence-corrected chi connectivity index (χ0v) is 10.3. The molecule has 0 aliphatic carbocycles. The Hall–Kier alpha value is -2.27. The fourth-order valence-corrected chi connectivity index (χ4v) is 1.82. The van der Waals surface area contributed by atoms with Crippen molar-refractivity contribution >= 4 is 0 Å². The van der Waals surface area contributed by atoms with Crippen LogP contribution in [-0.4, -0.2) is 0 Å². The van der Waals surface area contributed by atoms with Crippen molar-refractivity contribution in [1.82, 2.24) is 0 Å². The van der Waals surface area contributed by atoms with E-state index in [0.29, 0.717) is 0 Å². The number of nitriles is 1. The van der Waals surface area contributed by atoms with Crippen LogP contribution in [0.25, 0.3) is 0 Å². The largest absolute Gasteiger partial charge is 0.457 e. The molecule has 0 N–H and O–H groups in total. The Morgan fingerprint density at radius 1 is 1.06 bits per heavy atom. The van der Waals surface area contributed by atoms with Gasteiger partial charge in [-0.15, -0.1) is 0 Å². The van der Waals surface area contributed by atoms with Crippen molar-refractivity contribution in [2.75, 3.05) is 0 Å². The molecule has 90 valence electrons. The van der Waals surface area contributed by atoms with Crippen molar-refractivity contribution in [3.63, 3.8) is 0 Å². The summed E-state index contributed by atoms with van der Waals surface area (Å²) >= 11 is 0. The van der Waals surface area contributed by atoms with Gasteiger partial charge in [-0.25, -0.2) is 0 Å². The Morgan fingerprint density at radius 3 is 2.44 bits per heavy atom. The lowest BCUT2D eigenvalue weighted by atomic mass is 9.98. The first-order chi connectivity index (χ1) is 8.83. The van der Waals surface area contributed by atoms with Crippen LogP contribution in [0, 0.1) is 11.3 Å². The summed E-state index contributed by atoms with van der Waals surface area (Å²) in [4.78, 5) is 0. The van der Waals surface area contributed by atoms with E-state index in [2.05, 4.69) is 6.07 Å². The van der Waals surface area contributed by atoms with Crippen molar-refractivity contribution in [3.8, 4) is 17.6 Å². The van der Waals surface area contributed by atoms with Gasteiger partial charge in [0.1, 0.15) is 11.5 Å². The first-order valence-electron chi connectivity index (χ1n) is 6.06. The molecule has 0 bridgehead atoms. The van der Waals surface area contributed by atoms with Crippen LogP contribution in [0.2, 0.25) is 0 Å². The molecule has 2 rings (SSSR count). The van der Waals surface area contributed by atoms with E-state index >= 15 is 0 Å². The molecular formula is C16H15NO. The van der Waals surface area contributed by atoms with Crippen molar-refractivity contribution in [3.05, 3.63) is 60.2 Å². The minimum Gasteiger partial charge on any atom is -0.457 e. The van der Waals surface area contributed by atoms with Crippen LogP contribution < -0.4 is 4.74 Å². The van der Waals surface area contributed by atoms with Crippen LogP contribution in [0.15, 0.2) is 54.6 Å². The molecule has 1 atom stereocenters. The molecule has 0 unspecified atom stereocenters. The molecule has 2 heteroatoms. The number of benzene rings is 2. The molecule has 2 aromatic carbocycles. The molecule has 0 aliphatic heterocycles. The van der Waals surface area contributed by atoms with Crippen LogP contribution in [0.4, 0.5) is 0 Å². The molecule has 2 aromatic rings. The molecule has 2 nitrogen and oxygen atoms in total. The highest BCUT2D eigenvalue weighted by molar-refractivity contribution is 5.36. The SMILES string of the molecule is CC[C@H](C#N)c1cccc(Oc2ccccc2)c1. The average molecular weight is 237 g/mol. The van der Waals surface area contributed by atoms with Gasteiger partial charge < -0.3 is 4.74 Å². The summed E-state index contributed by atoms with van der Waals surface area (Å²) in [5.74, 6) is 1.51. The maximum Gasteiger partial charge on any atom is 0.127 e. The van der Waals surface area contributed by atoms with E-state index in [1.54, 1.807) is 0 Å². The first kappa shape index (κ1) is 12.2. The second-order valence-electron chi connectivity index (χ2n) is 4.08. The molecule has 0 saturated heterocycles. The average Bonchev–Trinajstić information content (AvgIpc) is 2.42. The van der Waals surface area contributed by atoms with Gasteiger partial charge in [0, 0.05) is 0 Å². The third-order valence-electron chi connectivity index (χ3n) is 2.80. The first-order valence-corrected chi connectivity index (χ1v) is 6.06. The topological polar surface area (TPSA) is 33.0 Å². The maximum atomic E-state index is 9.07.